The normalized spacial score (nSPS) is 11.8. The number of esters is 2. The Balaban J connectivity index is 3.18. The molecule has 0 aliphatic carbocycles. The van der Waals surface area contributed by atoms with Crippen molar-refractivity contribution < 1.29 is 23.9 Å². The molecule has 1 aromatic carbocycles. The molecule has 0 aliphatic rings. The van der Waals surface area contributed by atoms with E-state index in [9.17, 15) is 14.4 Å². The number of carbonyl (C=O) groups is 3. The lowest BCUT2D eigenvalue weighted by atomic mass is 9.84. The predicted molar refractivity (Wildman–Crippen MR) is 81.6 cm³/mol. The maximum absolute atomic E-state index is 12.2. The SMILES string of the molecule is CCOC(=O)C(C(=O)OCC)[C@@H](CC=O)c1ccc(Cl)cc1. The summed E-state index contributed by atoms with van der Waals surface area (Å²) in [6.07, 6.45) is 0.675. The minimum atomic E-state index is -1.17. The number of carbonyl (C=O) groups excluding carboxylic acids is 3. The molecule has 0 heterocycles. The molecule has 0 saturated heterocycles. The van der Waals surface area contributed by atoms with E-state index in [1.807, 2.05) is 0 Å². The van der Waals surface area contributed by atoms with Crippen molar-refractivity contribution in [3.8, 4) is 0 Å². The molecule has 6 heteroatoms. The quantitative estimate of drug-likeness (QED) is 0.417. The van der Waals surface area contributed by atoms with Gasteiger partial charge in [-0.2, -0.15) is 0 Å². The Morgan fingerprint density at radius 3 is 2.00 bits per heavy atom. The van der Waals surface area contributed by atoms with Gasteiger partial charge in [-0.15, -0.1) is 0 Å². The van der Waals surface area contributed by atoms with Gasteiger partial charge in [0.25, 0.3) is 0 Å². The predicted octanol–water partition coefficient (Wildman–Crippen LogP) is 2.76. The minimum absolute atomic E-state index is 0.00390. The highest BCUT2D eigenvalue weighted by atomic mass is 35.5. The van der Waals surface area contributed by atoms with Gasteiger partial charge in [0, 0.05) is 17.4 Å². The van der Waals surface area contributed by atoms with Gasteiger partial charge in [-0.05, 0) is 31.5 Å². The molecule has 22 heavy (non-hydrogen) atoms. The molecular formula is C16H19ClO5. The lowest BCUT2D eigenvalue weighted by Crippen LogP contribution is -2.33. The Morgan fingerprint density at radius 2 is 1.59 bits per heavy atom. The molecule has 0 saturated carbocycles. The van der Waals surface area contributed by atoms with Crippen molar-refractivity contribution in [2.75, 3.05) is 13.2 Å². The van der Waals surface area contributed by atoms with Crippen LogP contribution in [0, 0.1) is 5.92 Å². The first-order valence-electron chi connectivity index (χ1n) is 7.07. The fourth-order valence-corrected chi connectivity index (χ4v) is 2.29. The largest absolute Gasteiger partial charge is 0.465 e. The third kappa shape index (κ3) is 4.84. The fraction of sp³-hybridized carbons (Fsp3) is 0.438. The Kier molecular flexibility index (Phi) is 7.60. The average Bonchev–Trinajstić information content (AvgIpc) is 2.48. The second-order valence-electron chi connectivity index (χ2n) is 4.54. The summed E-state index contributed by atoms with van der Waals surface area (Å²) < 4.78 is 9.92. The van der Waals surface area contributed by atoms with Crippen LogP contribution < -0.4 is 0 Å². The van der Waals surface area contributed by atoms with Gasteiger partial charge >= 0.3 is 11.9 Å². The van der Waals surface area contributed by atoms with Gasteiger partial charge in [0.1, 0.15) is 6.29 Å². The molecule has 0 bridgehead atoms. The highest BCUT2D eigenvalue weighted by molar-refractivity contribution is 6.30. The summed E-state index contributed by atoms with van der Waals surface area (Å²) in [5.41, 5.74) is 0.655. The number of aldehydes is 1. The maximum atomic E-state index is 12.2. The first-order valence-corrected chi connectivity index (χ1v) is 7.45. The molecule has 0 aromatic heterocycles. The van der Waals surface area contributed by atoms with Gasteiger partial charge in [0.2, 0.25) is 0 Å². The summed E-state index contributed by atoms with van der Waals surface area (Å²) in [5, 5.41) is 0.525. The standard InChI is InChI=1S/C16H19ClO5/c1-3-21-15(19)14(16(20)22-4-2)13(9-10-18)11-5-7-12(17)8-6-11/h5-8,10,13-14H,3-4,9H2,1-2H3/t13-/m0/s1. The average molecular weight is 327 g/mol. The van der Waals surface area contributed by atoms with Gasteiger partial charge in [-0.25, -0.2) is 0 Å². The fourth-order valence-electron chi connectivity index (χ4n) is 2.17. The Bertz CT molecular complexity index is 494. The molecular weight excluding hydrogens is 308 g/mol. The van der Waals surface area contributed by atoms with Crippen molar-refractivity contribution in [2.45, 2.75) is 26.2 Å². The number of ether oxygens (including phenoxy) is 2. The highest BCUT2D eigenvalue weighted by Gasteiger charge is 2.38. The van der Waals surface area contributed by atoms with Crippen LogP contribution in [0.1, 0.15) is 31.7 Å². The molecule has 120 valence electrons. The second-order valence-corrected chi connectivity index (χ2v) is 4.98. The number of rotatable bonds is 8. The van der Waals surface area contributed by atoms with E-state index in [0.717, 1.165) is 0 Å². The van der Waals surface area contributed by atoms with Crippen LogP contribution in [0.25, 0.3) is 0 Å². The van der Waals surface area contributed by atoms with E-state index in [2.05, 4.69) is 0 Å². The molecule has 1 rings (SSSR count). The summed E-state index contributed by atoms with van der Waals surface area (Å²) in [4.78, 5) is 35.3. The van der Waals surface area contributed by atoms with E-state index in [-0.39, 0.29) is 19.6 Å². The lowest BCUT2D eigenvalue weighted by molar-refractivity contribution is -0.162. The van der Waals surface area contributed by atoms with Gasteiger partial charge < -0.3 is 14.3 Å². The van der Waals surface area contributed by atoms with E-state index >= 15 is 0 Å². The Hall–Kier alpha value is -1.88. The van der Waals surface area contributed by atoms with Gasteiger partial charge in [-0.3, -0.25) is 9.59 Å². The molecule has 5 nitrogen and oxygen atoms in total. The molecule has 0 N–H and O–H groups in total. The summed E-state index contributed by atoms with van der Waals surface area (Å²) in [6.45, 7) is 3.58. The van der Waals surface area contributed by atoms with E-state index < -0.39 is 23.8 Å². The first kappa shape index (κ1) is 18.2. The number of benzene rings is 1. The molecule has 0 fully saturated rings. The van der Waals surface area contributed by atoms with Crippen LogP contribution in [0.4, 0.5) is 0 Å². The summed E-state index contributed by atoms with van der Waals surface area (Å²) >= 11 is 5.84. The van der Waals surface area contributed by atoms with E-state index in [4.69, 9.17) is 21.1 Å². The van der Waals surface area contributed by atoms with Crippen LogP contribution in [-0.4, -0.2) is 31.4 Å². The van der Waals surface area contributed by atoms with Crippen LogP contribution in [-0.2, 0) is 23.9 Å². The molecule has 0 spiro atoms. The third-order valence-corrected chi connectivity index (χ3v) is 3.38. The van der Waals surface area contributed by atoms with Gasteiger partial charge in [0.05, 0.1) is 13.2 Å². The topological polar surface area (TPSA) is 69.7 Å². The number of halogens is 1. The van der Waals surface area contributed by atoms with Crippen LogP contribution >= 0.6 is 11.6 Å². The zero-order chi connectivity index (χ0) is 16.5. The molecule has 1 aromatic rings. The highest BCUT2D eigenvalue weighted by Crippen LogP contribution is 2.30. The Labute approximate surface area is 134 Å². The van der Waals surface area contributed by atoms with E-state index in [1.54, 1.807) is 38.1 Å². The van der Waals surface area contributed by atoms with Gasteiger partial charge in [0.15, 0.2) is 5.92 Å². The third-order valence-electron chi connectivity index (χ3n) is 3.13. The van der Waals surface area contributed by atoms with Crippen LogP contribution in [0.2, 0.25) is 5.02 Å². The molecule has 0 unspecified atom stereocenters. The summed E-state index contributed by atoms with van der Waals surface area (Å²) in [6, 6.07) is 6.65. The summed E-state index contributed by atoms with van der Waals surface area (Å²) in [7, 11) is 0. The maximum Gasteiger partial charge on any atom is 0.320 e. The van der Waals surface area contributed by atoms with E-state index in [0.29, 0.717) is 16.9 Å². The number of hydrogen-bond acceptors (Lipinski definition) is 5. The van der Waals surface area contributed by atoms with Crippen molar-refractivity contribution in [2.24, 2.45) is 5.92 Å². The molecule has 0 amide bonds. The van der Waals surface area contributed by atoms with Crippen LogP contribution in [0.15, 0.2) is 24.3 Å². The van der Waals surface area contributed by atoms with Crippen LogP contribution in [0.5, 0.6) is 0 Å². The van der Waals surface area contributed by atoms with Crippen molar-refractivity contribution >= 4 is 29.8 Å². The first-order chi connectivity index (χ1) is 10.5. The van der Waals surface area contributed by atoms with E-state index in [1.165, 1.54) is 0 Å². The minimum Gasteiger partial charge on any atom is -0.465 e. The summed E-state index contributed by atoms with van der Waals surface area (Å²) in [5.74, 6) is -3.20. The zero-order valence-electron chi connectivity index (χ0n) is 12.6. The monoisotopic (exact) mass is 326 g/mol. The van der Waals surface area contributed by atoms with Crippen molar-refractivity contribution in [1.82, 2.24) is 0 Å². The molecule has 1 atom stereocenters. The number of hydrogen-bond donors (Lipinski definition) is 0. The van der Waals surface area contributed by atoms with Crippen molar-refractivity contribution in [3.63, 3.8) is 0 Å². The van der Waals surface area contributed by atoms with Gasteiger partial charge in [-0.1, -0.05) is 23.7 Å². The Morgan fingerprint density at radius 1 is 1.09 bits per heavy atom. The second kappa shape index (κ2) is 9.20. The molecule has 0 aliphatic heterocycles. The zero-order valence-corrected chi connectivity index (χ0v) is 13.3. The molecule has 0 radical (unpaired) electrons. The van der Waals surface area contributed by atoms with Crippen LogP contribution in [0.3, 0.4) is 0 Å². The van der Waals surface area contributed by atoms with Crippen molar-refractivity contribution in [1.29, 1.82) is 0 Å². The van der Waals surface area contributed by atoms with Crippen molar-refractivity contribution in [3.05, 3.63) is 34.9 Å². The lowest BCUT2D eigenvalue weighted by Gasteiger charge is -2.23. The smallest absolute Gasteiger partial charge is 0.320 e.